The smallest absolute Gasteiger partial charge is 0.248 e. The molecule has 0 bridgehead atoms. The first-order valence-electron chi connectivity index (χ1n) is 6.45. The van der Waals surface area contributed by atoms with Gasteiger partial charge in [-0.2, -0.15) is 0 Å². The zero-order valence-corrected chi connectivity index (χ0v) is 12.0. The monoisotopic (exact) mass is 279 g/mol. The van der Waals surface area contributed by atoms with Crippen LogP contribution in [0, 0.1) is 5.92 Å². The van der Waals surface area contributed by atoms with Gasteiger partial charge in [-0.3, -0.25) is 9.59 Å². The zero-order valence-electron chi connectivity index (χ0n) is 12.0. The van der Waals surface area contributed by atoms with Gasteiger partial charge < -0.3 is 21.5 Å². The fourth-order valence-electron chi connectivity index (χ4n) is 1.69. The second-order valence-corrected chi connectivity index (χ2v) is 4.68. The van der Waals surface area contributed by atoms with E-state index in [1.165, 1.54) is 19.2 Å². The van der Waals surface area contributed by atoms with E-state index in [0.717, 1.165) is 6.42 Å². The number of anilines is 1. The van der Waals surface area contributed by atoms with Gasteiger partial charge in [0, 0.05) is 5.56 Å². The number of hydrogen-bond donors (Lipinski definition) is 3. The zero-order chi connectivity index (χ0) is 15.3. The van der Waals surface area contributed by atoms with Gasteiger partial charge in [-0.1, -0.05) is 20.3 Å². The van der Waals surface area contributed by atoms with Crippen molar-refractivity contribution in [3.05, 3.63) is 23.8 Å². The summed E-state index contributed by atoms with van der Waals surface area (Å²) in [5.74, 6) is -0.395. The molecule has 110 valence electrons. The van der Waals surface area contributed by atoms with Crippen LogP contribution in [0.5, 0.6) is 5.75 Å². The number of rotatable bonds is 6. The highest BCUT2D eigenvalue weighted by Crippen LogP contribution is 2.25. The van der Waals surface area contributed by atoms with Crippen molar-refractivity contribution in [1.82, 2.24) is 0 Å². The van der Waals surface area contributed by atoms with Gasteiger partial charge in [0.1, 0.15) is 5.75 Å². The molecule has 6 heteroatoms. The van der Waals surface area contributed by atoms with Crippen molar-refractivity contribution in [3.63, 3.8) is 0 Å². The number of primary amides is 1. The summed E-state index contributed by atoms with van der Waals surface area (Å²) in [5, 5.41) is 2.68. The van der Waals surface area contributed by atoms with Gasteiger partial charge in [0.25, 0.3) is 0 Å². The van der Waals surface area contributed by atoms with Crippen LogP contribution in [0.15, 0.2) is 18.2 Å². The molecule has 1 aromatic rings. The normalized spacial score (nSPS) is 13.4. The lowest BCUT2D eigenvalue weighted by atomic mass is 9.99. The first-order valence-corrected chi connectivity index (χ1v) is 6.45. The number of nitrogens with two attached hydrogens (primary N) is 2. The number of carbonyl (C=O) groups excluding carboxylic acids is 2. The molecule has 20 heavy (non-hydrogen) atoms. The van der Waals surface area contributed by atoms with Crippen LogP contribution in [0.3, 0.4) is 0 Å². The highest BCUT2D eigenvalue weighted by molar-refractivity contribution is 5.99. The van der Waals surface area contributed by atoms with E-state index in [0.29, 0.717) is 17.0 Å². The number of nitrogens with one attached hydrogen (secondary N) is 1. The summed E-state index contributed by atoms with van der Waals surface area (Å²) in [6, 6.07) is 3.96. The Morgan fingerprint density at radius 3 is 2.55 bits per heavy atom. The minimum Gasteiger partial charge on any atom is -0.495 e. The Kier molecular flexibility index (Phi) is 5.52. The Labute approximate surface area is 118 Å². The molecule has 0 fully saturated rings. The molecule has 0 saturated carbocycles. The van der Waals surface area contributed by atoms with Crippen molar-refractivity contribution in [2.75, 3.05) is 12.4 Å². The van der Waals surface area contributed by atoms with Crippen LogP contribution < -0.4 is 21.5 Å². The van der Waals surface area contributed by atoms with E-state index in [-0.39, 0.29) is 11.8 Å². The van der Waals surface area contributed by atoms with E-state index >= 15 is 0 Å². The van der Waals surface area contributed by atoms with Gasteiger partial charge >= 0.3 is 0 Å². The maximum absolute atomic E-state index is 12.1. The van der Waals surface area contributed by atoms with Crippen LogP contribution in [0.2, 0.25) is 0 Å². The third kappa shape index (κ3) is 3.71. The molecule has 0 radical (unpaired) electrons. The standard InChI is InChI=1S/C14H21N3O3/c1-4-8(2)12(15)14(19)17-10-7-9(13(16)18)5-6-11(10)20-3/h5-8,12H,4,15H2,1-3H3,(H2,16,18)(H,17,19). The minimum absolute atomic E-state index is 0.0558. The quantitative estimate of drug-likeness (QED) is 0.724. The Balaban J connectivity index is 2.98. The van der Waals surface area contributed by atoms with Crippen molar-refractivity contribution < 1.29 is 14.3 Å². The van der Waals surface area contributed by atoms with Crippen molar-refractivity contribution in [3.8, 4) is 5.75 Å². The second kappa shape index (κ2) is 6.91. The van der Waals surface area contributed by atoms with E-state index in [1.54, 1.807) is 6.07 Å². The average Bonchev–Trinajstić information content (AvgIpc) is 2.45. The number of hydrogen-bond acceptors (Lipinski definition) is 4. The third-order valence-electron chi connectivity index (χ3n) is 3.30. The van der Waals surface area contributed by atoms with Crippen LogP contribution >= 0.6 is 0 Å². The Bertz CT molecular complexity index is 502. The summed E-state index contributed by atoms with van der Waals surface area (Å²) in [6.45, 7) is 3.87. The lowest BCUT2D eigenvalue weighted by molar-refractivity contribution is -0.118. The predicted molar refractivity (Wildman–Crippen MR) is 77.6 cm³/mol. The Hall–Kier alpha value is -2.08. The number of ether oxygens (including phenoxy) is 1. The number of methoxy groups -OCH3 is 1. The van der Waals surface area contributed by atoms with E-state index in [9.17, 15) is 9.59 Å². The first kappa shape index (κ1) is 16.0. The molecule has 0 aliphatic heterocycles. The topological polar surface area (TPSA) is 107 Å². The van der Waals surface area contributed by atoms with E-state index in [4.69, 9.17) is 16.2 Å². The fraction of sp³-hybridized carbons (Fsp3) is 0.429. The molecule has 0 saturated heterocycles. The number of amides is 2. The third-order valence-corrected chi connectivity index (χ3v) is 3.30. The summed E-state index contributed by atoms with van der Waals surface area (Å²) < 4.78 is 5.14. The summed E-state index contributed by atoms with van der Waals surface area (Å²) in [4.78, 5) is 23.2. The molecule has 1 aromatic carbocycles. The highest BCUT2D eigenvalue weighted by atomic mass is 16.5. The van der Waals surface area contributed by atoms with Crippen LogP contribution in [-0.2, 0) is 4.79 Å². The maximum Gasteiger partial charge on any atom is 0.248 e. The maximum atomic E-state index is 12.1. The molecule has 0 aromatic heterocycles. The molecule has 2 atom stereocenters. The molecule has 5 N–H and O–H groups in total. The predicted octanol–water partition coefficient (Wildman–Crippen LogP) is 1.11. The summed E-state index contributed by atoms with van der Waals surface area (Å²) in [5.41, 5.74) is 11.8. The van der Waals surface area contributed by atoms with E-state index in [2.05, 4.69) is 5.32 Å². The lowest BCUT2D eigenvalue weighted by Crippen LogP contribution is -2.40. The molecule has 0 aliphatic carbocycles. The summed E-state index contributed by atoms with van der Waals surface area (Å²) in [7, 11) is 1.48. The molecule has 0 spiro atoms. The van der Waals surface area contributed by atoms with Gasteiger partial charge in [-0.05, 0) is 24.1 Å². The number of benzene rings is 1. The van der Waals surface area contributed by atoms with E-state index < -0.39 is 11.9 Å². The Morgan fingerprint density at radius 2 is 2.05 bits per heavy atom. The van der Waals surface area contributed by atoms with Crippen LogP contribution in [0.4, 0.5) is 5.69 Å². The van der Waals surface area contributed by atoms with Gasteiger partial charge in [-0.25, -0.2) is 0 Å². The van der Waals surface area contributed by atoms with Gasteiger partial charge in [-0.15, -0.1) is 0 Å². The van der Waals surface area contributed by atoms with Crippen molar-refractivity contribution in [2.24, 2.45) is 17.4 Å². The van der Waals surface area contributed by atoms with Gasteiger partial charge in [0.2, 0.25) is 11.8 Å². The summed E-state index contributed by atoms with van der Waals surface area (Å²) in [6.07, 6.45) is 0.799. The average molecular weight is 279 g/mol. The van der Waals surface area contributed by atoms with E-state index in [1.807, 2.05) is 13.8 Å². The Morgan fingerprint density at radius 1 is 1.40 bits per heavy atom. The number of carbonyl (C=O) groups is 2. The molecule has 0 aliphatic rings. The first-order chi connectivity index (χ1) is 9.40. The SMILES string of the molecule is CCC(C)C(N)C(=O)Nc1cc(C(N)=O)ccc1OC. The van der Waals surface area contributed by atoms with Gasteiger partial charge in [0.05, 0.1) is 18.8 Å². The van der Waals surface area contributed by atoms with Crippen molar-refractivity contribution >= 4 is 17.5 Å². The molecule has 1 rings (SSSR count). The highest BCUT2D eigenvalue weighted by Gasteiger charge is 2.21. The molecular formula is C14H21N3O3. The summed E-state index contributed by atoms with van der Waals surface area (Å²) >= 11 is 0. The molecule has 0 heterocycles. The van der Waals surface area contributed by atoms with Crippen LogP contribution in [0.1, 0.15) is 30.6 Å². The van der Waals surface area contributed by atoms with Crippen LogP contribution in [0.25, 0.3) is 0 Å². The largest absolute Gasteiger partial charge is 0.495 e. The van der Waals surface area contributed by atoms with Crippen LogP contribution in [-0.4, -0.2) is 25.0 Å². The van der Waals surface area contributed by atoms with Crippen molar-refractivity contribution in [2.45, 2.75) is 26.3 Å². The molecular weight excluding hydrogens is 258 g/mol. The second-order valence-electron chi connectivity index (χ2n) is 4.68. The van der Waals surface area contributed by atoms with Gasteiger partial charge in [0.15, 0.2) is 0 Å². The minimum atomic E-state index is -0.623. The molecule has 6 nitrogen and oxygen atoms in total. The molecule has 2 unspecified atom stereocenters. The lowest BCUT2D eigenvalue weighted by Gasteiger charge is -2.19. The van der Waals surface area contributed by atoms with Crippen molar-refractivity contribution in [1.29, 1.82) is 0 Å². The fourth-order valence-corrected chi connectivity index (χ4v) is 1.69. The molecule has 2 amide bonds.